The van der Waals surface area contributed by atoms with E-state index in [2.05, 4.69) is 26.1 Å². The van der Waals surface area contributed by atoms with Gasteiger partial charge in [0.1, 0.15) is 0 Å². The highest BCUT2D eigenvalue weighted by Crippen LogP contribution is 2.07. The highest BCUT2D eigenvalue weighted by Gasteiger charge is 1.93. The first kappa shape index (κ1) is 11.0. The van der Waals surface area contributed by atoms with E-state index in [1.54, 1.807) is 0 Å². The Labute approximate surface area is 73.1 Å². The Morgan fingerprint density at radius 1 is 1.18 bits per heavy atom. The molecule has 1 heteroatoms. The fraction of sp³-hybridized carbons (Fsp3) is 1.00. The fourth-order valence-corrected chi connectivity index (χ4v) is 1.16. The molecule has 0 aliphatic rings. The maximum atomic E-state index is 3.34. The molecule has 0 aromatic carbocycles. The van der Waals surface area contributed by atoms with Crippen LogP contribution in [0.15, 0.2) is 0 Å². The molecule has 1 N–H and O–H groups in total. The van der Waals surface area contributed by atoms with Crippen LogP contribution in [0, 0.1) is 5.92 Å². The number of nitrogens with one attached hydrogen (secondary N) is 1. The summed E-state index contributed by atoms with van der Waals surface area (Å²) in [6, 6.07) is 0. The van der Waals surface area contributed by atoms with Gasteiger partial charge in [0.2, 0.25) is 0 Å². The lowest BCUT2D eigenvalue weighted by Gasteiger charge is -2.04. The summed E-state index contributed by atoms with van der Waals surface area (Å²) in [6.45, 7) is 9.07. The van der Waals surface area contributed by atoms with Crippen LogP contribution in [0.25, 0.3) is 0 Å². The fourth-order valence-electron chi connectivity index (χ4n) is 1.16. The van der Waals surface area contributed by atoms with Crippen molar-refractivity contribution < 1.29 is 1.43 Å². The zero-order valence-corrected chi connectivity index (χ0v) is 8.32. The first-order chi connectivity index (χ1) is 5.27. The van der Waals surface area contributed by atoms with E-state index in [1.165, 1.54) is 32.2 Å². The Balaban J connectivity index is 0. The summed E-state index contributed by atoms with van der Waals surface area (Å²) in [5.74, 6) is 0.883. The SMILES string of the molecule is CCNCCCCCC(C)C.[HH]. The van der Waals surface area contributed by atoms with Crippen LogP contribution in [0.3, 0.4) is 0 Å². The van der Waals surface area contributed by atoms with Gasteiger partial charge in [0.15, 0.2) is 0 Å². The van der Waals surface area contributed by atoms with Crippen LogP contribution in [-0.4, -0.2) is 13.1 Å². The van der Waals surface area contributed by atoms with Gasteiger partial charge in [-0.25, -0.2) is 0 Å². The first-order valence-electron chi connectivity index (χ1n) is 4.98. The minimum atomic E-state index is 0. The standard InChI is InChI=1S/C10H23N.H2/c1-4-11-9-7-5-6-8-10(2)3;/h10-11H,4-9H2,1-3H3;1H. The largest absolute Gasteiger partial charge is 0.317 e. The van der Waals surface area contributed by atoms with Crippen LogP contribution in [0.5, 0.6) is 0 Å². The van der Waals surface area contributed by atoms with Crippen molar-refractivity contribution in [2.45, 2.75) is 46.5 Å². The first-order valence-corrected chi connectivity index (χ1v) is 4.98. The number of hydrogen-bond donors (Lipinski definition) is 1. The van der Waals surface area contributed by atoms with Gasteiger partial charge in [0.25, 0.3) is 0 Å². The molecule has 0 amide bonds. The van der Waals surface area contributed by atoms with Crippen molar-refractivity contribution in [2.75, 3.05) is 13.1 Å². The Kier molecular flexibility index (Phi) is 8.03. The van der Waals surface area contributed by atoms with E-state index in [0.717, 1.165) is 12.5 Å². The minimum absolute atomic E-state index is 0. The quantitative estimate of drug-likeness (QED) is 0.563. The molecule has 0 aromatic rings. The number of hydrogen-bond acceptors (Lipinski definition) is 1. The molecule has 0 unspecified atom stereocenters. The van der Waals surface area contributed by atoms with Gasteiger partial charge in [-0.15, -0.1) is 0 Å². The minimum Gasteiger partial charge on any atom is -0.317 e. The van der Waals surface area contributed by atoms with E-state index < -0.39 is 0 Å². The summed E-state index contributed by atoms with van der Waals surface area (Å²) >= 11 is 0. The molecular formula is C10H25N. The molecule has 0 fully saturated rings. The molecule has 11 heavy (non-hydrogen) atoms. The molecule has 0 aliphatic heterocycles. The molecule has 0 aromatic heterocycles. The molecule has 0 spiro atoms. The lowest BCUT2D eigenvalue weighted by molar-refractivity contribution is 0.518. The normalized spacial score (nSPS) is 10.9. The lowest BCUT2D eigenvalue weighted by Crippen LogP contribution is -2.13. The molecule has 1 nitrogen and oxygen atoms in total. The van der Waals surface area contributed by atoms with Gasteiger partial charge in [0.05, 0.1) is 0 Å². The van der Waals surface area contributed by atoms with Crippen LogP contribution in [0.2, 0.25) is 0 Å². The Hall–Kier alpha value is -0.0400. The molecule has 0 atom stereocenters. The molecule has 0 rings (SSSR count). The van der Waals surface area contributed by atoms with Crippen LogP contribution in [-0.2, 0) is 0 Å². The van der Waals surface area contributed by atoms with Crippen molar-refractivity contribution >= 4 is 0 Å². The van der Waals surface area contributed by atoms with Crippen LogP contribution in [0.1, 0.15) is 47.9 Å². The Morgan fingerprint density at radius 3 is 2.45 bits per heavy atom. The van der Waals surface area contributed by atoms with Crippen molar-refractivity contribution in [3.8, 4) is 0 Å². The van der Waals surface area contributed by atoms with Gasteiger partial charge in [-0.2, -0.15) is 0 Å². The molecule has 0 aliphatic carbocycles. The Bertz CT molecular complexity index is 74.2. The number of rotatable bonds is 7. The zero-order chi connectivity index (χ0) is 8.53. The second-order valence-electron chi connectivity index (χ2n) is 3.60. The van der Waals surface area contributed by atoms with Crippen LogP contribution in [0.4, 0.5) is 0 Å². The Morgan fingerprint density at radius 2 is 1.91 bits per heavy atom. The van der Waals surface area contributed by atoms with E-state index in [1.807, 2.05) is 0 Å². The molecule has 0 heterocycles. The third-order valence-corrected chi connectivity index (χ3v) is 1.89. The van der Waals surface area contributed by atoms with Gasteiger partial charge >= 0.3 is 0 Å². The summed E-state index contributed by atoms with van der Waals surface area (Å²) < 4.78 is 0. The number of unbranched alkanes of at least 4 members (excludes halogenated alkanes) is 2. The van der Waals surface area contributed by atoms with Gasteiger partial charge in [-0.05, 0) is 25.4 Å². The lowest BCUT2D eigenvalue weighted by atomic mass is 10.1. The van der Waals surface area contributed by atoms with E-state index in [-0.39, 0.29) is 1.43 Å². The smallest absolute Gasteiger partial charge is 0 e. The predicted octanol–water partition coefficient (Wildman–Crippen LogP) is 3.06. The van der Waals surface area contributed by atoms with Crippen LogP contribution >= 0.6 is 0 Å². The molecule has 0 radical (unpaired) electrons. The summed E-state index contributed by atoms with van der Waals surface area (Å²) in [5.41, 5.74) is 0. The topological polar surface area (TPSA) is 12.0 Å². The summed E-state index contributed by atoms with van der Waals surface area (Å²) in [6.07, 6.45) is 5.54. The average Bonchev–Trinajstić information content (AvgIpc) is 1.96. The maximum Gasteiger partial charge on any atom is 0 e. The second-order valence-corrected chi connectivity index (χ2v) is 3.60. The molecule has 70 valence electrons. The second kappa shape index (κ2) is 8.06. The van der Waals surface area contributed by atoms with Gasteiger partial charge in [-0.3, -0.25) is 0 Å². The monoisotopic (exact) mass is 159 g/mol. The van der Waals surface area contributed by atoms with Gasteiger partial charge in [0, 0.05) is 1.43 Å². The van der Waals surface area contributed by atoms with Crippen molar-refractivity contribution in [1.29, 1.82) is 0 Å². The highest BCUT2D eigenvalue weighted by atomic mass is 14.8. The third kappa shape index (κ3) is 9.96. The summed E-state index contributed by atoms with van der Waals surface area (Å²) in [5, 5.41) is 3.34. The molecule has 0 saturated heterocycles. The zero-order valence-electron chi connectivity index (χ0n) is 8.32. The summed E-state index contributed by atoms with van der Waals surface area (Å²) in [4.78, 5) is 0. The van der Waals surface area contributed by atoms with E-state index in [9.17, 15) is 0 Å². The molecule has 0 bridgehead atoms. The van der Waals surface area contributed by atoms with Gasteiger partial charge in [-0.1, -0.05) is 40.0 Å². The van der Waals surface area contributed by atoms with Crippen LogP contribution < -0.4 is 5.32 Å². The van der Waals surface area contributed by atoms with Crippen molar-refractivity contribution in [2.24, 2.45) is 5.92 Å². The van der Waals surface area contributed by atoms with Crippen molar-refractivity contribution in [1.82, 2.24) is 5.32 Å². The van der Waals surface area contributed by atoms with E-state index >= 15 is 0 Å². The van der Waals surface area contributed by atoms with E-state index in [4.69, 9.17) is 0 Å². The van der Waals surface area contributed by atoms with Crippen molar-refractivity contribution in [3.63, 3.8) is 0 Å². The maximum absolute atomic E-state index is 3.34. The molecular weight excluding hydrogens is 134 g/mol. The molecule has 0 saturated carbocycles. The van der Waals surface area contributed by atoms with Gasteiger partial charge < -0.3 is 5.32 Å². The van der Waals surface area contributed by atoms with E-state index in [0.29, 0.717) is 0 Å². The van der Waals surface area contributed by atoms with Crippen molar-refractivity contribution in [3.05, 3.63) is 0 Å². The average molecular weight is 159 g/mol. The third-order valence-electron chi connectivity index (χ3n) is 1.89. The predicted molar refractivity (Wildman–Crippen MR) is 54.0 cm³/mol. The summed E-state index contributed by atoms with van der Waals surface area (Å²) in [7, 11) is 0. The highest BCUT2D eigenvalue weighted by molar-refractivity contribution is 4.49.